The molecule has 1 aromatic carbocycles. The molecule has 0 radical (unpaired) electrons. The van der Waals surface area contributed by atoms with E-state index in [2.05, 4.69) is 10.4 Å². The van der Waals surface area contributed by atoms with Crippen molar-refractivity contribution in [2.75, 3.05) is 0 Å². The lowest BCUT2D eigenvalue weighted by Gasteiger charge is -2.17. The normalized spacial score (nSPS) is 12.4. The van der Waals surface area contributed by atoms with E-state index >= 15 is 0 Å². The summed E-state index contributed by atoms with van der Waals surface area (Å²) < 4.78 is 13.1. The number of rotatable bonds is 3. The van der Waals surface area contributed by atoms with Gasteiger partial charge in [-0.2, -0.15) is 0 Å². The molecule has 0 saturated heterocycles. The third-order valence-corrected chi connectivity index (χ3v) is 2.79. The van der Waals surface area contributed by atoms with Gasteiger partial charge in [0, 0.05) is 11.2 Å². The number of pyridine rings is 1. The van der Waals surface area contributed by atoms with Crippen LogP contribution >= 0.6 is 11.6 Å². The van der Waals surface area contributed by atoms with Gasteiger partial charge in [-0.3, -0.25) is 10.8 Å². The number of halogens is 2. The first-order chi connectivity index (χ1) is 8.22. The highest BCUT2D eigenvalue weighted by Crippen LogP contribution is 2.27. The molecule has 2 rings (SSSR count). The lowest BCUT2D eigenvalue weighted by Crippen LogP contribution is -2.29. The highest BCUT2D eigenvalue weighted by Gasteiger charge is 2.15. The van der Waals surface area contributed by atoms with Gasteiger partial charge in [0.25, 0.3) is 0 Å². The van der Waals surface area contributed by atoms with E-state index in [9.17, 15) is 4.39 Å². The Hall–Kier alpha value is -1.49. The minimum Gasteiger partial charge on any atom is -0.271 e. The van der Waals surface area contributed by atoms with Crippen molar-refractivity contribution in [3.63, 3.8) is 0 Å². The predicted octanol–water partition coefficient (Wildman–Crippen LogP) is 2.43. The summed E-state index contributed by atoms with van der Waals surface area (Å²) >= 11 is 6.08. The molecule has 1 atom stereocenters. The summed E-state index contributed by atoms with van der Waals surface area (Å²) in [5.41, 5.74) is 4.02. The van der Waals surface area contributed by atoms with Crippen LogP contribution in [0.25, 0.3) is 0 Å². The summed E-state index contributed by atoms with van der Waals surface area (Å²) in [6.45, 7) is 0. The fourth-order valence-electron chi connectivity index (χ4n) is 1.66. The minimum atomic E-state index is -0.408. The molecular formula is C12H11ClFN3. The van der Waals surface area contributed by atoms with E-state index in [4.69, 9.17) is 17.4 Å². The molecule has 1 heterocycles. The first-order valence-electron chi connectivity index (χ1n) is 5.03. The molecule has 3 N–H and O–H groups in total. The molecule has 0 amide bonds. The second-order valence-corrected chi connectivity index (χ2v) is 3.96. The standard InChI is InChI=1S/C12H11ClFN3/c13-11-4-2-1-3-10(11)12(17-15)8-5-9(14)7-16-6-8/h1-7,12,17H,15H2. The topological polar surface area (TPSA) is 50.9 Å². The van der Waals surface area contributed by atoms with Gasteiger partial charge in [-0.1, -0.05) is 29.8 Å². The molecular weight excluding hydrogens is 241 g/mol. The third kappa shape index (κ3) is 2.61. The lowest BCUT2D eigenvalue weighted by atomic mass is 10.0. The van der Waals surface area contributed by atoms with E-state index in [0.29, 0.717) is 10.6 Å². The van der Waals surface area contributed by atoms with Gasteiger partial charge in [0.05, 0.1) is 12.2 Å². The molecule has 0 aliphatic heterocycles. The Morgan fingerprint density at radius 2 is 2.06 bits per heavy atom. The number of nitrogens with one attached hydrogen (secondary N) is 1. The lowest BCUT2D eigenvalue weighted by molar-refractivity contribution is 0.598. The van der Waals surface area contributed by atoms with E-state index in [1.54, 1.807) is 12.3 Å². The van der Waals surface area contributed by atoms with E-state index in [0.717, 1.165) is 11.8 Å². The maximum absolute atomic E-state index is 13.1. The Balaban J connectivity index is 2.44. The fourth-order valence-corrected chi connectivity index (χ4v) is 1.91. The van der Waals surface area contributed by atoms with Crippen LogP contribution in [0.3, 0.4) is 0 Å². The van der Waals surface area contributed by atoms with Crippen molar-refractivity contribution in [1.29, 1.82) is 0 Å². The first kappa shape index (κ1) is 12.0. The van der Waals surface area contributed by atoms with Gasteiger partial charge in [0.2, 0.25) is 0 Å². The SMILES string of the molecule is NNC(c1cncc(F)c1)c1ccccc1Cl. The van der Waals surface area contributed by atoms with Crippen molar-refractivity contribution in [2.24, 2.45) is 5.84 Å². The number of hydrogen-bond acceptors (Lipinski definition) is 3. The molecule has 0 saturated carbocycles. The van der Waals surface area contributed by atoms with E-state index in [-0.39, 0.29) is 6.04 Å². The summed E-state index contributed by atoms with van der Waals surface area (Å²) in [7, 11) is 0. The van der Waals surface area contributed by atoms with Crippen LogP contribution in [0.4, 0.5) is 4.39 Å². The molecule has 0 aliphatic rings. The van der Waals surface area contributed by atoms with Gasteiger partial charge in [-0.25, -0.2) is 9.82 Å². The smallest absolute Gasteiger partial charge is 0.141 e. The van der Waals surface area contributed by atoms with Crippen molar-refractivity contribution in [3.05, 3.63) is 64.7 Å². The predicted molar refractivity (Wildman–Crippen MR) is 64.8 cm³/mol. The molecule has 1 aromatic heterocycles. The van der Waals surface area contributed by atoms with Crippen molar-refractivity contribution >= 4 is 11.6 Å². The Bertz CT molecular complexity index is 519. The van der Waals surface area contributed by atoms with Crippen LogP contribution < -0.4 is 11.3 Å². The first-order valence-corrected chi connectivity index (χ1v) is 5.41. The summed E-state index contributed by atoms with van der Waals surface area (Å²) in [6, 6.07) is 8.25. The van der Waals surface area contributed by atoms with Gasteiger partial charge < -0.3 is 0 Å². The van der Waals surface area contributed by atoms with E-state index in [1.165, 1.54) is 6.07 Å². The molecule has 17 heavy (non-hydrogen) atoms. The third-order valence-electron chi connectivity index (χ3n) is 2.44. The molecule has 5 heteroatoms. The zero-order chi connectivity index (χ0) is 12.3. The molecule has 0 aliphatic carbocycles. The molecule has 0 fully saturated rings. The minimum absolute atomic E-state index is 0.383. The molecule has 0 bridgehead atoms. The van der Waals surface area contributed by atoms with Gasteiger partial charge in [0.1, 0.15) is 5.82 Å². The average molecular weight is 252 g/mol. The maximum atomic E-state index is 13.1. The maximum Gasteiger partial charge on any atom is 0.141 e. The van der Waals surface area contributed by atoms with Crippen molar-refractivity contribution in [3.8, 4) is 0 Å². The van der Waals surface area contributed by atoms with Crippen LogP contribution in [0.2, 0.25) is 5.02 Å². The number of nitrogens with two attached hydrogens (primary N) is 1. The van der Waals surface area contributed by atoms with Crippen LogP contribution in [0, 0.1) is 5.82 Å². The highest BCUT2D eigenvalue weighted by molar-refractivity contribution is 6.31. The van der Waals surface area contributed by atoms with Crippen LogP contribution in [-0.2, 0) is 0 Å². The van der Waals surface area contributed by atoms with E-state index < -0.39 is 5.82 Å². The Morgan fingerprint density at radius 3 is 2.71 bits per heavy atom. The average Bonchev–Trinajstić information content (AvgIpc) is 2.33. The van der Waals surface area contributed by atoms with Gasteiger partial charge in [-0.05, 0) is 23.3 Å². The number of benzene rings is 1. The summed E-state index contributed by atoms with van der Waals surface area (Å²) in [6.07, 6.45) is 2.70. The second-order valence-electron chi connectivity index (χ2n) is 3.56. The van der Waals surface area contributed by atoms with Crippen LogP contribution in [-0.4, -0.2) is 4.98 Å². The number of nitrogens with zero attached hydrogens (tertiary/aromatic N) is 1. The number of hydrazine groups is 1. The van der Waals surface area contributed by atoms with E-state index in [1.807, 2.05) is 18.2 Å². The zero-order valence-corrected chi connectivity index (χ0v) is 9.66. The van der Waals surface area contributed by atoms with Gasteiger partial charge in [-0.15, -0.1) is 0 Å². The fraction of sp³-hybridized carbons (Fsp3) is 0.0833. The van der Waals surface area contributed by atoms with Crippen LogP contribution in [0.1, 0.15) is 17.2 Å². The van der Waals surface area contributed by atoms with Crippen molar-refractivity contribution in [2.45, 2.75) is 6.04 Å². The highest BCUT2D eigenvalue weighted by atomic mass is 35.5. The molecule has 0 spiro atoms. The molecule has 1 unspecified atom stereocenters. The van der Waals surface area contributed by atoms with Gasteiger partial charge in [0.15, 0.2) is 0 Å². The Kier molecular flexibility index (Phi) is 3.68. The quantitative estimate of drug-likeness (QED) is 0.651. The summed E-state index contributed by atoms with van der Waals surface area (Å²) in [5, 5.41) is 0.569. The second kappa shape index (κ2) is 5.23. The molecule has 88 valence electrons. The Morgan fingerprint density at radius 1 is 1.29 bits per heavy atom. The molecule has 3 nitrogen and oxygen atoms in total. The van der Waals surface area contributed by atoms with Crippen LogP contribution in [0.5, 0.6) is 0 Å². The van der Waals surface area contributed by atoms with Gasteiger partial charge >= 0.3 is 0 Å². The zero-order valence-electron chi connectivity index (χ0n) is 8.90. The number of aromatic nitrogens is 1. The molecule has 2 aromatic rings. The number of hydrogen-bond donors (Lipinski definition) is 2. The Labute approximate surface area is 103 Å². The van der Waals surface area contributed by atoms with Crippen molar-refractivity contribution < 1.29 is 4.39 Å². The summed E-state index contributed by atoms with van der Waals surface area (Å²) in [5.74, 6) is 5.09. The largest absolute Gasteiger partial charge is 0.271 e. The van der Waals surface area contributed by atoms with Crippen molar-refractivity contribution in [1.82, 2.24) is 10.4 Å². The summed E-state index contributed by atoms with van der Waals surface area (Å²) in [4.78, 5) is 3.79. The van der Waals surface area contributed by atoms with Crippen LogP contribution in [0.15, 0.2) is 42.7 Å². The monoisotopic (exact) mass is 251 g/mol.